The SMILES string of the molecule is CC/C=C\C/C=C\C/C=C\CCCCCCCC(=O)OC(COC(=O)CCCCCCCCCCC)COC(=O)CCCCCCCCCCCCCCCCCCCCCCCCC/C=C\C/C=C\CCCCCCC. The van der Waals surface area contributed by atoms with Gasteiger partial charge in [-0.05, 0) is 83.5 Å². The molecule has 0 radical (unpaired) electrons. The fraction of sp³-hybridized carbons (Fsp3) is 0.817. The van der Waals surface area contributed by atoms with Gasteiger partial charge < -0.3 is 14.2 Å². The molecule has 0 aliphatic rings. The van der Waals surface area contributed by atoms with E-state index in [1.54, 1.807) is 0 Å². The Morgan fingerprint density at radius 2 is 0.506 bits per heavy atom. The first-order valence-corrected chi connectivity index (χ1v) is 33.8. The van der Waals surface area contributed by atoms with Gasteiger partial charge in [0.25, 0.3) is 0 Å². The molecule has 0 aliphatic heterocycles. The molecule has 0 rings (SSSR count). The van der Waals surface area contributed by atoms with Gasteiger partial charge in [-0.25, -0.2) is 0 Å². The zero-order chi connectivity index (χ0) is 55.7. The van der Waals surface area contributed by atoms with Gasteiger partial charge in [-0.1, -0.05) is 313 Å². The number of carbonyl (C=O) groups is 3. The number of rotatable bonds is 62. The Morgan fingerprint density at radius 1 is 0.273 bits per heavy atom. The van der Waals surface area contributed by atoms with E-state index < -0.39 is 6.10 Å². The van der Waals surface area contributed by atoms with Gasteiger partial charge in [-0.15, -0.1) is 0 Å². The Morgan fingerprint density at radius 3 is 0.792 bits per heavy atom. The largest absolute Gasteiger partial charge is 0.462 e. The molecule has 1 unspecified atom stereocenters. The molecule has 6 heteroatoms. The average Bonchev–Trinajstić information content (AvgIpc) is 3.43. The molecule has 0 amide bonds. The van der Waals surface area contributed by atoms with E-state index in [9.17, 15) is 14.4 Å². The quantitative estimate of drug-likeness (QED) is 0.0261. The third-order valence-electron chi connectivity index (χ3n) is 15.0. The molecule has 0 spiro atoms. The normalized spacial score (nSPS) is 12.4. The number of allylic oxidation sites excluding steroid dienone is 10. The van der Waals surface area contributed by atoms with Crippen LogP contribution in [0.1, 0.15) is 355 Å². The van der Waals surface area contributed by atoms with E-state index in [4.69, 9.17) is 14.2 Å². The summed E-state index contributed by atoms with van der Waals surface area (Å²) in [6, 6.07) is 0. The van der Waals surface area contributed by atoms with E-state index in [2.05, 4.69) is 81.5 Å². The highest BCUT2D eigenvalue weighted by Gasteiger charge is 2.19. The van der Waals surface area contributed by atoms with Gasteiger partial charge in [0.05, 0.1) is 0 Å². The number of hydrogen-bond acceptors (Lipinski definition) is 6. The van der Waals surface area contributed by atoms with Crippen molar-refractivity contribution in [1.29, 1.82) is 0 Å². The summed E-state index contributed by atoms with van der Waals surface area (Å²) in [4.78, 5) is 38.1. The number of esters is 3. The van der Waals surface area contributed by atoms with E-state index in [0.29, 0.717) is 19.3 Å². The fourth-order valence-corrected chi connectivity index (χ4v) is 9.96. The first-order chi connectivity index (χ1) is 38.0. The summed E-state index contributed by atoms with van der Waals surface area (Å²) in [5.74, 6) is -0.880. The summed E-state index contributed by atoms with van der Waals surface area (Å²) in [6.45, 7) is 6.52. The molecule has 1 atom stereocenters. The van der Waals surface area contributed by atoms with Crippen LogP contribution in [-0.2, 0) is 28.6 Å². The van der Waals surface area contributed by atoms with Crippen molar-refractivity contribution in [2.75, 3.05) is 13.2 Å². The van der Waals surface area contributed by atoms with Gasteiger partial charge in [0, 0.05) is 19.3 Å². The maximum Gasteiger partial charge on any atom is 0.306 e. The van der Waals surface area contributed by atoms with Crippen molar-refractivity contribution in [3.8, 4) is 0 Å². The first kappa shape index (κ1) is 74.1. The third kappa shape index (κ3) is 63.8. The lowest BCUT2D eigenvalue weighted by molar-refractivity contribution is -0.167. The predicted octanol–water partition coefficient (Wildman–Crippen LogP) is 23.1. The lowest BCUT2D eigenvalue weighted by Crippen LogP contribution is -2.30. The van der Waals surface area contributed by atoms with Gasteiger partial charge >= 0.3 is 17.9 Å². The molecule has 0 saturated carbocycles. The smallest absolute Gasteiger partial charge is 0.306 e. The summed E-state index contributed by atoms with van der Waals surface area (Å²) < 4.78 is 16.9. The Kier molecular flexibility index (Phi) is 63.2. The van der Waals surface area contributed by atoms with Gasteiger partial charge in [-0.2, -0.15) is 0 Å². The van der Waals surface area contributed by atoms with Crippen LogP contribution in [0.4, 0.5) is 0 Å². The second-order valence-corrected chi connectivity index (χ2v) is 22.7. The van der Waals surface area contributed by atoms with Crippen molar-refractivity contribution in [3.05, 3.63) is 60.8 Å². The molecule has 6 nitrogen and oxygen atoms in total. The van der Waals surface area contributed by atoms with Gasteiger partial charge in [-0.3, -0.25) is 14.4 Å². The maximum atomic E-state index is 12.8. The summed E-state index contributed by atoms with van der Waals surface area (Å²) >= 11 is 0. The van der Waals surface area contributed by atoms with Gasteiger partial charge in [0.2, 0.25) is 0 Å². The zero-order valence-electron chi connectivity index (χ0n) is 51.5. The highest BCUT2D eigenvalue weighted by atomic mass is 16.6. The first-order valence-electron chi connectivity index (χ1n) is 33.8. The van der Waals surface area contributed by atoms with Gasteiger partial charge in [0.1, 0.15) is 13.2 Å². The van der Waals surface area contributed by atoms with Crippen LogP contribution in [0, 0.1) is 0 Å². The molecular formula is C71H128O6. The Bertz CT molecular complexity index is 1380. The van der Waals surface area contributed by atoms with Gasteiger partial charge in [0.15, 0.2) is 6.10 Å². The third-order valence-corrected chi connectivity index (χ3v) is 15.0. The molecular weight excluding hydrogens is 949 g/mol. The summed E-state index contributed by atoms with van der Waals surface area (Å²) in [7, 11) is 0. The second-order valence-electron chi connectivity index (χ2n) is 22.7. The second kappa shape index (κ2) is 65.6. The number of hydrogen-bond donors (Lipinski definition) is 0. The van der Waals surface area contributed by atoms with Crippen LogP contribution in [0.15, 0.2) is 60.8 Å². The van der Waals surface area contributed by atoms with Crippen molar-refractivity contribution < 1.29 is 28.6 Å². The summed E-state index contributed by atoms with van der Waals surface area (Å²) in [6.07, 6.45) is 84.2. The standard InChI is InChI=1S/C71H128O6/c1-4-7-10-13-16-19-21-23-25-26-27-28-29-30-31-32-33-34-35-36-37-38-39-40-41-42-43-44-46-47-49-52-55-58-61-64-70(73)76-67-68(66-75-69(72)63-60-57-54-51-18-15-12-9-6-3)77-71(74)65-62-59-56-53-50-48-45-24-22-20-17-14-11-8-5-2/h8,11,17,20-21,23-24,26-27,45,68H,4-7,9-10,12-16,18-19,22,25,28-44,46-67H2,1-3H3/b11-8-,20-17-,23-21-,27-26-,45-24-. The Balaban J connectivity index is 3.99. The molecule has 0 aliphatic carbocycles. The van der Waals surface area contributed by atoms with E-state index >= 15 is 0 Å². The molecule has 0 aromatic heterocycles. The van der Waals surface area contributed by atoms with Crippen LogP contribution < -0.4 is 0 Å². The predicted molar refractivity (Wildman–Crippen MR) is 335 cm³/mol. The minimum atomic E-state index is -0.779. The molecule has 448 valence electrons. The highest BCUT2D eigenvalue weighted by molar-refractivity contribution is 5.71. The molecule has 0 bridgehead atoms. The molecule has 0 saturated heterocycles. The molecule has 0 heterocycles. The van der Waals surface area contributed by atoms with Crippen molar-refractivity contribution in [2.24, 2.45) is 0 Å². The van der Waals surface area contributed by atoms with E-state index in [-0.39, 0.29) is 31.1 Å². The van der Waals surface area contributed by atoms with Crippen LogP contribution >= 0.6 is 0 Å². The molecule has 0 aromatic rings. The maximum absolute atomic E-state index is 12.8. The van der Waals surface area contributed by atoms with Crippen LogP contribution in [0.25, 0.3) is 0 Å². The molecule has 77 heavy (non-hydrogen) atoms. The molecule has 0 fully saturated rings. The molecule has 0 aromatic carbocycles. The van der Waals surface area contributed by atoms with Crippen molar-refractivity contribution in [1.82, 2.24) is 0 Å². The zero-order valence-corrected chi connectivity index (χ0v) is 51.5. The monoisotopic (exact) mass is 1080 g/mol. The van der Waals surface area contributed by atoms with Crippen LogP contribution in [0.3, 0.4) is 0 Å². The lowest BCUT2D eigenvalue weighted by atomic mass is 10.0. The Hall–Kier alpha value is -2.89. The van der Waals surface area contributed by atoms with Crippen molar-refractivity contribution in [2.45, 2.75) is 361 Å². The summed E-state index contributed by atoms with van der Waals surface area (Å²) in [5.41, 5.74) is 0. The van der Waals surface area contributed by atoms with E-state index in [1.807, 2.05) is 0 Å². The highest BCUT2D eigenvalue weighted by Crippen LogP contribution is 2.18. The van der Waals surface area contributed by atoms with E-state index in [0.717, 1.165) is 103 Å². The topological polar surface area (TPSA) is 78.9 Å². The van der Waals surface area contributed by atoms with Crippen LogP contribution in [-0.4, -0.2) is 37.2 Å². The molecule has 0 N–H and O–H groups in total. The van der Waals surface area contributed by atoms with Crippen LogP contribution in [0.2, 0.25) is 0 Å². The van der Waals surface area contributed by atoms with Crippen molar-refractivity contribution in [3.63, 3.8) is 0 Å². The minimum absolute atomic E-state index is 0.0767. The minimum Gasteiger partial charge on any atom is -0.462 e. The number of unbranched alkanes of at least 4 members (excludes halogenated alkanes) is 41. The van der Waals surface area contributed by atoms with Crippen LogP contribution in [0.5, 0.6) is 0 Å². The van der Waals surface area contributed by atoms with Crippen molar-refractivity contribution >= 4 is 17.9 Å². The number of carbonyl (C=O) groups excluding carboxylic acids is 3. The number of ether oxygens (including phenoxy) is 3. The summed E-state index contributed by atoms with van der Waals surface area (Å²) in [5, 5.41) is 0. The Labute approximate surface area is 479 Å². The van der Waals surface area contributed by atoms with E-state index in [1.165, 1.54) is 212 Å². The average molecular weight is 1080 g/mol. The lowest BCUT2D eigenvalue weighted by Gasteiger charge is -2.18. The fourth-order valence-electron chi connectivity index (χ4n) is 9.96.